The van der Waals surface area contributed by atoms with Crippen LogP contribution >= 0.6 is 38.5 Å². The summed E-state index contributed by atoms with van der Waals surface area (Å²) in [6.07, 6.45) is 0. The molecule has 0 aliphatic carbocycles. The number of hydrogen-bond acceptors (Lipinski definition) is 4. The molecule has 7 heteroatoms. The molecule has 0 spiro atoms. The second-order valence-electron chi connectivity index (χ2n) is 2.77. The van der Waals surface area contributed by atoms with Crippen molar-refractivity contribution in [1.82, 2.24) is 0 Å². The monoisotopic (exact) mass is 399 g/mol. The van der Waals surface area contributed by atoms with Crippen LogP contribution in [0.1, 0.15) is 17.3 Å². The van der Waals surface area contributed by atoms with Gasteiger partial charge in [-0.05, 0) is 45.4 Å². The van der Waals surface area contributed by atoms with Crippen molar-refractivity contribution in [2.75, 3.05) is 6.61 Å². The zero-order valence-corrected chi connectivity index (χ0v) is 11.9. The summed E-state index contributed by atoms with van der Waals surface area (Å²) in [5.41, 5.74) is 0.0381. The Balaban J connectivity index is 3.26. The highest BCUT2D eigenvalue weighted by Crippen LogP contribution is 2.29. The number of ether oxygens (including phenoxy) is 1. The molecule has 0 atom stereocenters. The minimum atomic E-state index is -0.573. The van der Waals surface area contributed by atoms with Crippen LogP contribution in [0, 0.1) is 13.7 Å². The third kappa shape index (κ3) is 2.91. The lowest BCUT2D eigenvalue weighted by Crippen LogP contribution is -2.07. The third-order valence-electron chi connectivity index (χ3n) is 1.72. The van der Waals surface area contributed by atoms with Crippen LogP contribution in [0.5, 0.6) is 0 Å². The largest absolute Gasteiger partial charge is 0.462 e. The summed E-state index contributed by atoms with van der Waals surface area (Å²) < 4.78 is 5.91. The summed E-state index contributed by atoms with van der Waals surface area (Å²) in [6, 6.07) is 2.58. The minimum absolute atomic E-state index is 0.129. The van der Waals surface area contributed by atoms with E-state index in [0.29, 0.717) is 8.04 Å². The Labute approximate surface area is 114 Å². The van der Waals surface area contributed by atoms with Gasteiger partial charge in [-0.2, -0.15) is 0 Å². The van der Waals surface area contributed by atoms with E-state index >= 15 is 0 Å². The van der Waals surface area contributed by atoms with E-state index in [9.17, 15) is 14.9 Å². The molecular formula is C9H7BrINO4. The SMILES string of the molecule is CCOC(=O)c1cc([N+](=O)[O-])cc(I)c1Br. The molecule has 0 heterocycles. The van der Waals surface area contributed by atoms with E-state index in [4.69, 9.17) is 4.74 Å². The van der Waals surface area contributed by atoms with Crippen LogP contribution < -0.4 is 0 Å². The van der Waals surface area contributed by atoms with Gasteiger partial charge in [0, 0.05) is 20.2 Å². The molecule has 0 amide bonds. The molecule has 1 rings (SSSR count). The standard InChI is InChI=1S/C9H7BrINO4/c1-2-16-9(13)6-3-5(12(14)15)4-7(11)8(6)10/h3-4H,2H2,1H3. The van der Waals surface area contributed by atoms with E-state index < -0.39 is 10.9 Å². The normalized spacial score (nSPS) is 9.94. The summed E-state index contributed by atoms with van der Waals surface area (Å²) in [6.45, 7) is 1.90. The molecule has 0 bridgehead atoms. The van der Waals surface area contributed by atoms with Crippen LogP contribution in [0.3, 0.4) is 0 Å². The van der Waals surface area contributed by atoms with E-state index in [2.05, 4.69) is 15.9 Å². The van der Waals surface area contributed by atoms with E-state index in [1.54, 1.807) is 6.92 Å². The number of nitro groups is 1. The van der Waals surface area contributed by atoms with Gasteiger partial charge < -0.3 is 4.74 Å². The lowest BCUT2D eigenvalue weighted by molar-refractivity contribution is -0.385. The smallest absolute Gasteiger partial charge is 0.339 e. The van der Waals surface area contributed by atoms with Crippen LogP contribution in [-0.2, 0) is 4.74 Å². The van der Waals surface area contributed by atoms with Gasteiger partial charge in [0.25, 0.3) is 5.69 Å². The molecule has 1 aromatic carbocycles. The number of non-ortho nitro benzene ring substituents is 1. The summed E-state index contributed by atoms with van der Waals surface area (Å²) in [4.78, 5) is 21.6. The zero-order chi connectivity index (χ0) is 12.3. The fourth-order valence-electron chi connectivity index (χ4n) is 1.04. The Hall–Kier alpha value is -0.700. The average molecular weight is 400 g/mol. The molecule has 0 radical (unpaired) electrons. The number of benzene rings is 1. The molecule has 0 N–H and O–H groups in total. The van der Waals surface area contributed by atoms with Crippen LogP contribution in [0.15, 0.2) is 16.6 Å². The Morgan fingerprint density at radius 1 is 1.62 bits per heavy atom. The quantitative estimate of drug-likeness (QED) is 0.339. The zero-order valence-electron chi connectivity index (χ0n) is 8.20. The van der Waals surface area contributed by atoms with Gasteiger partial charge in [0.2, 0.25) is 0 Å². The van der Waals surface area contributed by atoms with E-state index in [1.165, 1.54) is 12.1 Å². The van der Waals surface area contributed by atoms with Gasteiger partial charge >= 0.3 is 5.97 Å². The molecule has 0 aliphatic heterocycles. The lowest BCUT2D eigenvalue weighted by Gasteiger charge is -2.05. The Kier molecular flexibility index (Phi) is 4.66. The predicted molar refractivity (Wildman–Crippen MR) is 69.5 cm³/mol. The number of esters is 1. The summed E-state index contributed by atoms with van der Waals surface area (Å²) in [5.74, 6) is -0.573. The van der Waals surface area contributed by atoms with Crippen molar-refractivity contribution in [3.63, 3.8) is 0 Å². The van der Waals surface area contributed by atoms with Gasteiger partial charge in [-0.15, -0.1) is 0 Å². The maximum Gasteiger partial charge on any atom is 0.339 e. The van der Waals surface area contributed by atoms with Crippen molar-refractivity contribution >= 4 is 50.2 Å². The molecule has 0 aliphatic rings. The highest BCUT2D eigenvalue weighted by atomic mass is 127. The summed E-state index contributed by atoms with van der Waals surface area (Å²) in [7, 11) is 0. The third-order valence-corrected chi connectivity index (χ3v) is 4.17. The van der Waals surface area contributed by atoms with E-state index in [1.807, 2.05) is 22.6 Å². The molecule has 1 aromatic rings. The first-order valence-corrected chi connectivity index (χ1v) is 6.15. The first-order chi connectivity index (χ1) is 7.47. The highest BCUT2D eigenvalue weighted by Gasteiger charge is 2.19. The van der Waals surface area contributed by atoms with Crippen molar-refractivity contribution in [3.8, 4) is 0 Å². The fourth-order valence-corrected chi connectivity index (χ4v) is 2.04. The molecule has 86 valence electrons. The van der Waals surface area contributed by atoms with Gasteiger partial charge in [-0.25, -0.2) is 4.79 Å². The number of halogens is 2. The molecule has 0 saturated heterocycles. The minimum Gasteiger partial charge on any atom is -0.462 e. The van der Waals surface area contributed by atoms with Crippen molar-refractivity contribution in [3.05, 3.63) is 35.9 Å². The van der Waals surface area contributed by atoms with E-state index in [-0.39, 0.29) is 17.9 Å². The molecule has 16 heavy (non-hydrogen) atoms. The van der Waals surface area contributed by atoms with Crippen LogP contribution in [-0.4, -0.2) is 17.5 Å². The molecule has 0 aromatic heterocycles. The number of carbonyl (C=O) groups excluding carboxylic acids is 1. The van der Waals surface area contributed by atoms with Crippen LogP contribution in [0.2, 0.25) is 0 Å². The van der Waals surface area contributed by atoms with Crippen LogP contribution in [0.25, 0.3) is 0 Å². The molecule has 5 nitrogen and oxygen atoms in total. The topological polar surface area (TPSA) is 69.4 Å². The van der Waals surface area contributed by atoms with Crippen LogP contribution in [0.4, 0.5) is 5.69 Å². The summed E-state index contributed by atoms with van der Waals surface area (Å²) in [5, 5.41) is 10.6. The highest BCUT2D eigenvalue weighted by molar-refractivity contribution is 14.1. The van der Waals surface area contributed by atoms with Crippen molar-refractivity contribution < 1.29 is 14.5 Å². The first-order valence-electron chi connectivity index (χ1n) is 4.28. The molecule has 0 unspecified atom stereocenters. The van der Waals surface area contributed by atoms with Gasteiger partial charge in [-0.1, -0.05) is 0 Å². The van der Waals surface area contributed by atoms with Crippen molar-refractivity contribution in [2.45, 2.75) is 6.92 Å². The van der Waals surface area contributed by atoms with Gasteiger partial charge in [0.15, 0.2) is 0 Å². The second kappa shape index (κ2) is 5.58. The summed E-state index contributed by atoms with van der Waals surface area (Å²) >= 11 is 5.11. The number of carbonyl (C=O) groups is 1. The van der Waals surface area contributed by atoms with Crippen molar-refractivity contribution in [2.24, 2.45) is 0 Å². The number of rotatable bonds is 3. The predicted octanol–water partition coefficient (Wildman–Crippen LogP) is 3.14. The van der Waals surface area contributed by atoms with Gasteiger partial charge in [0.1, 0.15) is 0 Å². The first kappa shape index (κ1) is 13.4. The Morgan fingerprint density at radius 2 is 2.25 bits per heavy atom. The van der Waals surface area contributed by atoms with Gasteiger partial charge in [-0.3, -0.25) is 10.1 Å². The molecule has 0 fully saturated rings. The second-order valence-corrected chi connectivity index (χ2v) is 4.72. The Morgan fingerprint density at radius 3 is 2.75 bits per heavy atom. The van der Waals surface area contributed by atoms with Gasteiger partial charge in [0.05, 0.1) is 17.1 Å². The Bertz CT molecular complexity index is 449. The average Bonchev–Trinajstić information content (AvgIpc) is 2.21. The molecule has 0 saturated carbocycles. The van der Waals surface area contributed by atoms with E-state index in [0.717, 1.165) is 0 Å². The fraction of sp³-hybridized carbons (Fsp3) is 0.222. The number of nitrogens with zero attached hydrogens (tertiary/aromatic N) is 1. The molecular weight excluding hydrogens is 393 g/mol. The maximum absolute atomic E-state index is 11.5. The number of nitro benzene ring substituents is 1. The lowest BCUT2D eigenvalue weighted by atomic mass is 10.2. The number of hydrogen-bond donors (Lipinski definition) is 0. The maximum atomic E-state index is 11.5. The van der Waals surface area contributed by atoms with Crippen molar-refractivity contribution in [1.29, 1.82) is 0 Å².